The number of methoxy groups -OCH3 is 2. The molecule has 0 radical (unpaired) electrons. The van der Waals surface area contributed by atoms with Crippen LogP contribution < -0.4 is 14.9 Å². The first kappa shape index (κ1) is 20.7. The quantitative estimate of drug-likeness (QED) is 0.361. The number of para-hydroxylation sites is 1. The minimum atomic E-state index is -0.198. The first-order valence-electron chi connectivity index (χ1n) is 9.05. The number of hydrazone groups is 1. The largest absolute Gasteiger partial charge is 0.493 e. The molecule has 0 spiro atoms. The van der Waals surface area contributed by atoms with Crippen molar-refractivity contribution in [2.24, 2.45) is 5.10 Å². The van der Waals surface area contributed by atoms with Crippen LogP contribution in [-0.2, 0) is 4.79 Å². The Labute approximate surface area is 174 Å². The molecule has 6 nitrogen and oxygen atoms in total. The Morgan fingerprint density at radius 2 is 1.90 bits per heavy atom. The number of hydrogen-bond donors (Lipinski definition) is 1. The molecule has 1 aromatic heterocycles. The van der Waals surface area contributed by atoms with E-state index in [2.05, 4.69) is 28.5 Å². The SMILES string of the molecule is COc1ccc(/C=N\NC(=O)CSc2cc(C)c3cccc(C)c3n2)cc1OC. The van der Waals surface area contributed by atoms with Gasteiger partial charge in [0.1, 0.15) is 0 Å². The van der Waals surface area contributed by atoms with Crippen molar-refractivity contribution in [2.75, 3.05) is 20.0 Å². The maximum atomic E-state index is 12.1. The molecule has 3 aromatic rings. The summed E-state index contributed by atoms with van der Waals surface area (Å²) in [4.78, 5) is 16.8. The molecule has 0 aliphatic carbocycles. The van der Waals surface area contributed by atoms with Gasteiger partial charge in [-0.1, -0.05) is 30.0 Å². The summed E-state index contributed by atoms with van der Waals surface area (Å²) >= 11 is 1.39. The van der Waals surface area contributed by atoms with E-state index in [1.54, 1.807) is 32.6 Å². The number of carbonyl (C=O) groups excluding carboxylic acids is 1. The molecular formula is C22H23N3O3S. The zero-order valence-electron chi connectivity index (χ0n) is 16.9. The highest BCUT2D eigenvalue weighted by molar-refractivity contribution is 7.99. The van der Waals surface area contributed by atoms with Crippen molar-refractivity contribution in [1.82, 2.24) is 10.4 Å². The van der Waals surface area contributed by atoms with Gasteiger partial charge < -0.3 is 9.47 Å². The van der Waals surface area contributed by atoms with Crippen LogP contribution in [0.25, 0.3) is 10.9 Å². The molecule has 0 aliphatic heterocycles. The normalized spacial score (nSPS) is 11.0. The number of nitrogens with one attached hydrogen (secondary N) is 1. The predicted octanol–water partition coefficient (Wildman–Crippen LogP) is 4.11. The van der Waals surface area contributed by atoms with Gasteiger partial charge in [0.2, 0.25) is 5.91 Å². The monoisotopic (exact) mass is 409 g/mol. The van der Waals surface area contributed by atoms with Gasteiger partial charge in [0, 0.05) is 5.39 Å². The Hall–Kier alpha value is -3.06. The number of ether oxygens (including phenoxy) is 2. The topological polar surface area (TPSA) is 72.8 Å². The standard InChI is InChI=1S/C22H23N3O3S/c1-14-6-5-7-17-15(2)10-21(24-22(14)17)29-13-20(26)25-23-12-16-8-9-18(27-3)19(11-16)28-4/h5-12H,13H2,1-4H3,(H,25,26)/b23-12-. The van der Waals surface area contributed by atoms with Crippen LogP contribution in [0.15, 0.2) is 52.6 Å². The van der Waals surface area contributed by atoms with E-state index in [0.717, 1.165) is 32.6 Å². The number of rotatable bonds is 7. The van der Waals surface area contributed by atoms with Gasteiger partial charge in [0.25, 0.3) is 0 Å². The molecule has 7 heteroatoms. The van der Waals surface area contributed by atoms with E-state index < -0.39 is 0 Å². The molecule has 0 atom stereocenters. The van der Waals surface area contributed by atoms with Gasteiger partial charge in [-0.25, -0.2) is 10.4 Å². The second-order valence-corrected chi connectivity index (χ2v) is 7.44. The lowest BCUT2D eigenvalue weighted by molar-refractivity contribution is -0.118. The lowest BCUT2D eigenvalue weighted by Gasteiger charge is -2.08. The summed E-state index contributed by atoms with van der Waals surface area (Å²) < 4.78 is 10.5. The fourth-order valence-corrected chi connectivity index (χ4v) is 3.65. The van der Waals surface area contributed by atoms with Gasteiger partial charge in [-0.3, -0.25) is 4.79 Å². The number of benzene rings is 2. The van der Waals surface area contributed by atoms with Crippen molar-refractivity contribution in [3.05, 3.63) is 59.2 Å². The summed E-state index contributed by atoms with van der Waals surface area (Å²) in [5, 5.41) is 5.97. The van der Waals surface area contributed by atoms with Crippen LogP contribution in [0.5, 0.6) is 11.5 Å². The summed E-state index contributed by atoms with van der Waals surface area (Å²) in [6, 6.07) is 13.5. The van der Waals surface area contributed by atoms with Gasteiger partial charge >= 0.3 is 0 Å². The zero-order valence-corrected chi connectivity index (χ0v) is 17.7. The number of hydrogen-bond acceptors (Lipinski definition) is 6. The molecule has 1 amide bonds. The second kappa shape index (κ2) is 9.43. The first-order valence-corrected chi connectivity index (χ1v) is 10.0. The van der Waals surface area contributed by atoms with Crippen molar-refractivity contribution in [2.45, 2.75) is 18.9 Å². The number of nitrogens with zero attached hydrogens (tertiary/aromatic N) is 2. The van der Waals surface area contributed by atoms with Crippen LogP contribution in [0.1, 0.15) is 16.7 Å². The highest BCUT2D eigenvalue weighted by Gasteiger charge is 2.08. The average molecular weight is 410 g/mol. The zero-order chi connectivity index (χ0) is 20.8. The summed E-state index contributed by atoms with van der Waals surface area (Å²) in [6.07, 6.45) is 1.56. The van der Waals surface area contributed by atoms with Crippen LogP contribution >= 0.6 is 11.8 Å². The highest BCUT2D eigenvalue weighted by atomic mass is 32.2. The molecule has 0 saturated heterocycles. The number of carbonyl (C=O) groups is 1. The van der Waals surface area contributed by atoms with E-state index in [1.165, 1.54) is 11.8 Å². The molecular weight excluding hydrogens is 386 g/mol. The number of fused-ring (bicyclic) bond motifs is 1. The lowest BCUT2D eigenvalue weighted by Crippen LogP contribution is -2.19. The minimum Gasteiger partial charge on any atom is -0.493 e. The van der Waals surface area contributed by atoms with E-state index in [9.17, 15) is 4.79 Å². The highest BCUT2D eigenvalue weighted by Crippen LogP contribution is 2.27. The Balaban J connectivity index is 1.60. The van der Waals surface area contributed by atoms with Crippen molar-refractivity contribution in [3.63, 3.8) is 0 Å². The van der Waals surface area contributed by atoms with E-state index >= 15 is 0 Å². The van der Waals surface area contributed by atoms with E-state index in [-0.39, 0.29) is 11.7 Å². The van der Waals surface area contributed by atoms with Crippen molar-refractivity contribution >= 4 is 34.8 Å². The molecule has 29 heavy (non-hydrogen) atoms. The molecule has 0 unspecified atom stereocenters. The van der Waals surface area contributed by atoms with Crippen LogP contribution in [0, 0.1) is 13.8 Å². The third kappa shape index (κ3) is 5.06. The summed E-state index contributed by atoms with van der Waals surface area (Å²) in [7, 11) is 3.15. The maximum absolute atomic E-state index is 12.1. The molecule has 1 N–H and O–H groups in total. The fraction of sp³-hybridized carbons (Fsp3) is 0.227. The van der Waals surface area contributed by atoms with E-state index in [1.807, 2.05) is 31.2 Å². The Morgan fingerprint density at radius 1 is 1.10 bits per heavy atom. The number of thioether (sulfide) groups is 1. The third-order valence-electron chi connectivity index (χ3n) is 4.39. The van der Waals surface area contributed by atoms with Crippen molar-refractivity contribution in [3.8, 4) is 11.5 Å². The minimum absolute atomic E-state index is 0.198. The van der Waals surface area contributed by atoms with E-state index in [4.69, 9.17) is 9.47 Å². The maximum Gasteiger partial charge on any atom is 0.250 e. The number of amides is 1. The second-order valence-electron chi connectivity index (χ2n) is 6.44. The van der Waals surface area contributed by atoms with Gasteiger partial charge in [0.05, 0.1) is 36.7 Å². The van der Waals surface area contributed by atoms with Crippen LogP contribution in [0.2, 0.25) is 0 Å². The molecule has 0 fully saturated rings. The first-order chi connectivity index (χ1) is 14.0. The predicted molar refractivity (Wildman–Crippen MR) is 117 cm³/mol. The molecule has 0 aliphatic rings. The van der Waals surface area contributed by atoms with Crippen LogP contribution in [0.4, 0.5) is 0 Å². The average Bonchev–Trinajstić information content (AvgIpc) is 2.73. The lowest BCUT2D eigenvalue weighted by atomic mass is 10.1. The molecule has 1 heterocycles. The molecule has 0 bridgehead atoms. The van der Waals surface area contributed by atoms with Gasteiger partial charge in [-0.15, -0.1) is 0 Å². The van der Waals surface area contributed by atoms with Gasteiger partial charge in [0.15, 0.2) is 11.5 Å². The van der Waals surface area contributed by atoms with Crippen LogP contribution in [-0.4, -0.2) is 37.1 Å². The van der Waals surface area contributed by atoms with Crippen molar-refractivity contribution in [1.29, 1.82) is 0 Å². The molecule has 150 valence electrons. The molecule has 3 rings (SSSR count). The molecule has 0 saturated carbocycles. The number of aromatic nitrogens is 1. The Bertz CT molecular complexity index is 1070. The Morgan fingerprint density at radius 3 is 2.66 bits per heavy atom. The Kier molecular flexibility index (Phi) is 6.72. The fourth-order valence-electron chi connectivity index (χ4n) is 2.89. The van der Waals surface area contributed by atoms with Crippen LogP contribution in [0.3, 0.4) is 0 Å². The van der Waals surface area contributed by atoms with E-state index in [0.29, 0.717) is 11.5 Å². The number of pyridine rings is 1. The third-order valence-corrected chi connectivity index (χ3v) is 5.30. The van der Waals surface area contributed by atoms with Gasteiger partial charge in [-0.05, 0) is 54.8 Å². The number of aryl methyl sites for hydroxylation is 2. The van der Waals surface area contributed by atoms with Crippen molar-refractivity contribution < 1.29 is 14.3 Å². The smallest absolute Gasteiger partial charge is 0.250 e. The summed E-state index contributed by atoms with van der Waals surface area (Å²) in [6.45, 7) is 4.10. The summed E-state index contributed by atoms with van der Waals surface area (Å²) in [5.74, 6) is 1.27. The molecule has 2 aromatic carbocycles. The summed E-state index contributed by atoms with van der Waals surface area (Å²) in [5.41, 5.74) is 6.57. The van der Waals surface area contributed by atoms with Gasteiger partial charge in [-0.2, -0.15) is 5.10 Å².